The number of carbonyl (C=O) groups excluding carboxylic acids is 1. The Morgan fingerprint density at radius 1 is 1.28 bits per heavy atom. The van der Waals surface area contributed by atoms with Crippen molar-refractivity contribution in [1.82, 2.24) is 15.0 Å². The fourth-order valence-electron chi connectivity index (χ4n) is 1.17. The van der Waals surface area contributed by atoms with Gasteiger partial charge in [0.15, 0.2) is 11.0 Å². The molecule has 2 heterocycles. The second-order valence-electron chi connectivity index (χ2n) is 3.19. The van der Waals surface area contributed by atoms with Crippen LogP contribution in [0, 0.1) is 11.3 Å². The van der Waals surface area contributed by atoms with Gasteiger partial charge in [-0.3, -0.25) is 4.79 Å². The summed E-state index contributed by atoms with van der Waals surface area (Å²) in [5.74, 6) is -0.308. The van der Waals surface area contributed by atoms with Crippen molar-refractivity contribution in [3.05, 3.63) is 47.1 Å². The van der Waals surface area contributed by atoms with E-state index >= 15 is 0 Å². The number of nitriles is 1. The summed E-state index contributed by atoms with van der Waals surface area (Å²) >= 11 is 5.75. The predicted molar refractivity (Wildman–Crippen MR) is 63.9 cm³/mol. The highest BCUT2D eigenvalue weighted by molar-refractivity contribution is 6.32. The lowest BCUT2D eigenvalue weighted by Crippen LogP contribution is -2.15. The largest absolute Gasteiger partial charge is 0.303 e. The first kappa shape index (κ1) is 12.0. The van der Waals surface area contributed by atoms with E-state index in [9.17, 15) is 4.79 Å². The number of hydrogen-bond donors (Lipinski definition) is 1. The molecule has 0 bridgehead atoms. The highest BCUT2D eigenvalue weighted by Gasteiger charge is 2.10. The van der Waals surface area contributed by atoms with E-state index in [0.717, 1.165) is 0 Å². The van der Waals surface area contributed by atoms with Gasteiger partial charge in [-0.2, -0.15) is 5.26 Å². The van der Waals surface area contributed by atoms with Crippen LogP contribution in [0.15, 0.2) is 30.7 Å². The summed E-state index contributed by atoms with van der Waals surface area (Å²) < 4.78 is 0. The van der Waals surface area contributed by atoms with Gasteiger partial charge in [0.05, 0.1) is 5.56 Å². The van der Waals surface area contributed by atoms with Crippen LogP contribution in [0.1, 0.15) is 16.1 Å². The van der Waals surface area contributed by atoms with Crippen molar-refractivity contribution in [1.29, 1.82) is 5.26 Å². The smallest absolute Gasteiger partial charge is 0.275 e. The summed E-state index contributed by atoms with van der Waals surface area (Å²) in [5, 5.41) is 11.2. The van der Waals surface area contributed by atoms with Gasteiger partial charge < -0.3 is 5.32 Å². The van der Waals surface area contributed by atoms with Gasteiger partial charge >= 0.3 is 0 Å². The van der Waals surface area contributed by atoms with E-state index in [1.165, 1.54) is 30.7 Å². The quantitative estimate of drug-likeness (QED) is 0.885. The van der Waals surface area contributed by atoms with Gasteiger partial charge in [-0.25, -0.2) is 15.0 Å². The first-order valence-corrected chi connectivity index (χ1v) is 5.22. The molecule has 0 fully saturated rings. The maximum Gasteiger partial charge on any atom is 0.275 e. The Bertz CT molecular complexity index is 620. The van der Waals surface area contributed by atoms with E-state index in [4.69, 9.17) is 16.9 Å². The van der Waals surface area contributed by atoms with Gasteiger partial charge in [0.25, 0.3) is 5.91 Å². The molecule has 6 nitrogen and oxygen atoms in total. The van der Waals surface area contributed by atoms with Gasteiger partial charge in [0.1, 0.15) is 11.8 Å². The lowest BCUT2D eigenvalue weighted by molar-refractivity contribution is 0.102. The third-order valence-electron chi connectivity index (χ3n) is 2.01. The number of aromatic nitrogens is 3. The number of amides is 1. The van der Waals surface area contributed by atoms with Crippen molar-refractivity contribution in [2.75, 3.05) is 5.32 Å². The molecule has 0 radical (unpaired) electrons. The third kappa shape index (κ3) is 2.59. The molecule has 0 saturated heterocycles. The summed E-state index contributed by atoms with van der Waals surface area (Å²) in [6, 6.07) is 4.86. The Morgan fingerprint density at radius 3 is 2.67 bits per heavy atom. The molecule has 0 aliphatic carbocycles. The molecule has 18 heavy (non-hydrogen) atoms. The first-order valence-electron chi connectivity index (χ1n) is 4.84. The molecule has 1 N–H and O–H groups in total. The number of anilines is 1. The fourth-order valence-corrected chi connectivity index (χ4v) is 1.32. The SMILES string of the molecule is N#Cc1ccc(C(=O)Nc2nccnc2Cl)nc1. The molecule has 0 spiro atoms. The number of rotatable bonds is 2. The van der Waals surface area contributed by atoms with Crippen LogP contribution in [0.2, 0.25) is 5.15 Å². The second kappa shape index (κ2) is 5.21. The number of nitrogens with one attached hydrogen (secondary N) is 1. The molecule has 88 valence electrons. The maximum absolute atomic E-state index is 11.8. The number of halogens is 1. The van der Waals surface area contributed by atoms with Crippen molar-refractivity contribution in [2.45, 2.75) is 0 Å². The van der Waals surface area contributed by atoms with Crippen molar-refractivity contribution in [3.63, 3.8) is 0 Å². The topological polar surface area (TPSA) is 91.6 Å². The predicted octanol–water partition coefficient (Wildman–Crippen LogP) is 1.65. The van der Waals surface area contributed by atoms with Crippen LogP contribution in [0.5, 0.6) is 0 Å². The standard InChI is InChI=1S/C11H6ClN5O/c12-9-10(15-4-3-14-9)17-11(18)8-2-1-7(5-13)6-16-8/h1-4,6H,(H,15,17,18). The van der Waals surface area contributed by atoms with Crippen molar-refractivity contribution >= 4 is 23.3 Å². The van der Waals surface area contributed by atoms with E-state index in [1.54, 1.807) is 0 Å². The Morgan fingerprint density at radius 2 is 2.06 bits per heavy atom. The molecule has 0 unspecified atom stereocenters. The lowest BCUT2D eigenvalue weighted by atomic mass is 10.2. The number of carbonyl (C=O) groups is 1. The van der Waals surface area contributed by atoms with Gasteiger partial charge in [-0.15, -0.1) is 0 Å². The molecule has 0 saturated carbocycles. The number of hydrogen-bond acceptors (Lipinski definition) is 5. The first-order chi connectivity index (χ1) is 8.70. The molecule has 0 aliphatic heterocycles. The number of nitrogens with zero attached hydrogens (tertiary/aromatic N) is 4. The molecule has 1 amide bonds. The van der Waals surface area contributed by atoms with Crippen molar-refractivity contribution in [2.24, 2.45) is 0 Å². The fraction of sp³-hybridized carbons (Fsp3) is 0. The molecule has 0 aromatic carbocycles. The van der Waals surface area contributed by atoms with E-state index in [1.807, 2.05) is 6.07 Å². The van der Waals surface area contributed by atoms with Gasteiger partial charge in [0, 0.05) is 18.6 Å². The molecule has 7 heteroatoms. The summed E-state index contributed by atoms with van der Waals surface area (Å²) in [6.45, 7) is 0. The number of pyridine rings is 1. The summed E-state index contributed by atoms with van der Waals surface area (Å²) in [6.07, 6.45) is 4.14. The molecular formula is C11H6ClN5O. The van der Waals surface area contributed by atoms with Crippen LogP contribution in [0.4, 0.5) is 5.82 Å². The van der Waals surface area contributed by atoms with Crippen LogP contribution in [-0.4, -0.2) is 20.9 Å². The van der Waals surface area contributed by atoms with Crippen molar-refractivity contribution < 1.29 is 4.79 Å². The average Bonchev–Trinajstić information content (AvgIpc) is 2.41. The third-order valence-corrected chi connectivity index (χ3v) is 2.29. The zero-order valence-corrected chi connectivity index (χ0v) is 9.72. The molecule has 0 atom stereocenters. The summed E-state index contributed by atoms with van der Waals surface area (Å²) in [5.41, 5.74) is 0.541. The van der Waals surface area contributed by atoms with Crippen LogP contribution in [0.3, 0.4) is 0 Å². The maximum atomic E-state index is 11.8. The van der Waals surface area contributed by atoms with Gasteiger partial charge in [-0.1, -0.05) is 11.6 Å². The minimum absolute atomic E-state index is 0.0968. The lowest BCUT2D eigenvalue weighted by Gasteiger charge is -2.04. The van der Waals surface area contributed by atoms with Crippen LogP contribution < -0.4 is 5.32 Å². The Balaban J connectivity index is 2.17. The van der Waals surface area contributed by atoms with E-state index in [0.29, 0.717) is 5.56 Å². The highest BCUT2D eigenvalue weighted by atomic mass is 35.5. The minimum Gasteiger partial charge on any atom is -0.303 e. The van der Waals surface area contributed by atoms with E-state index in [2.05, 4.69) is 20.3 Å². The van der Waals surface area contributed by atoms with Crippen LogP contribution in [-0.2, 0) is 0 Å². The molecule has 2 aromatic rings. The van der Waals surface area contributed by atoms with Gasteiger partial charge in [-0.05, 0) is 12.1 Å². The van der Waals surface area contributed by atoms with E-state index < -0.39 is 5.91 Å². The molecular weight excluding hydrogens is 254 g/mol. The molecule has 2 rings (SSSR count). The zero-order chi connectivity index (χ0) is 13.0. The van der Waals surface area contributed by atoms with Crippen molar-refractivity contribution in [3.8, 4) is 6.07 Å². The Hall–Kier alpha value is -2.52. The second-order valence-corrected chi connectivity index (χ2v) is 3.55. The molecule has 0 aliphatic rings. The van der Waals surface area contributed by atoms with Gasteiger partial charge in [0.2, 0.25) is 0 Å². The summed E-state index contributed by atoms with van der Waals surface area (Å²) in [4.78, 5) is 23.3. The normalized spacial score (nSPS) is 9.56. The Labute approximate surface area is 107 Å². The monoisotopic (exact) mass is 259 g/mol. The zero-order valence-electron chi connectivity index (χ0n) is 8.96. The van der Waals surface area contributed by atoms with Crippen LogP contribution in [0.25, 0.3) is 0 Å². The average molecular weight is 260 g/mol. The highest BCUT2D eigenvalue weighted by Crippen LogP contribution is 2.14. The van der Waals surface area contributed by atoms with Crippen LogP contribution >= 0.6 is 11.6 Å². The summed E-state index contributed by atoms with van der Waals surface area (Å²) in [7, 11) is 0. The molecule has 2 aromatic heterocycles. The minimum atomic E-state index is -0.470. The van der Waals surface area contributed by atoms with E-state index in [-0.39, 0.29) is 16.7 Å². The Kier molecular flexibility index (Phi) is 3.46.